The highest BCUT2D eigenvalue weighted by atomic mass is 32.1. The van der Waals surface area contributed by atoms with Crippen LogP contribution in [-0.4, -0.2) is 82.0 Å². The minimum Gasteiger partial charge on any atom is -0.339 e. The summed E-state index contributed by atoms with van der Waals surface area (Å²) in [6.45, 7) is 6.18. The van der Waals surface area contributed by atoms with Gasteiger partial charge in [0.15, 0.2) is 5.69 Å². The number of piperazine rings is 1. The van der Waals surface area contributed by atoms with Crippen molar-refractivity contribution in [3.8, 4) is 10.6 Å². The average molecular weight is 402 g/mol. The van der Waals surface area contributed by atoms with Gasteiger partial charge in [-0.05, 0) is 43.7 Å². The van der Waals surface area contributed by atoms with Gasteiger partial charge in [0.25, 0.3) is 5.91 Å². The summed E-state index contributed by atoms with van der Waals surface area (Å²) < 4.78 is 0. The normalized spacial score (nSPS) is 21.1. The van der Waals surface area contributed by atoms with Crippen molar-refractivity contribution in [2.45, 2.75) is 32.2 Å². The number of nitrogens with zero attached hydrogens (tertiary/aromatic N) is 4. The van der Waals surface area contributed by atoms with Gasteiger partial charge in [0.2, 0.25) is 5.91 Å². The Labute approximate surface area is 169 Å². The molecule has 0 radical (unpaired) electrons. The van der Waals surface area contributed by atoms with Crippen LogP contribution in [-0.2, 0) is 4.79 Å². The molecule has 1 unspecified atom stereocenters. The molecule has 0 spiro atoms. The molecule has 0 saturated carbocycles. The fourth-order valence-electron chi connectivity index (χ4n) is 4.01. The van der Waals surface area contributed by atoms with E-state index >= 15 is 0 Å². The molecule has 0 bridgehead atoms. The first-order chi connectivity index (χ1) is 13.6. The molecule has 4 heterocycles. The van der Waals surface area contributed by atoms with Crippen LogP contribution < -0.4 is 0 Å². The lowest BCUT2D eigenvalue weighted by Gasteiger charge is -2.37. The maximum atomic E-state index is 12.8. The summed E-state index contributed by atoms with van der Waals surface area (Å²) in [5, 5.41) is 9.16. The van der Waals surface area contributed by atoms with Crippen LogP contribution in [0.3, 0.4) is 0 Å². The van der Waals surface area contributed by atoms with Crippen LogP contribution >= 0.6 is 11.3 Å². The lowest BCUT2D eigenvalue weighted by atomic mass is 10.0. The van der Waals surface area contributed by atoms with Crippen molar-refractivity contribution < 1.29 is 9.59 Å². The van der Waals surface area contributed by atoms with Gasteiger partial charge in [-0.15, -0.1) is 11.3 Å². The zero-order valence-corrected chi connectivity index (χ0v) is 17.1. The molecule has 2 aromatic heterocycles. The summed E-state index contributed by atoms with van der Waals surface area (Å²) in [5.74, 6) is 0.176. The maximum absolute atomic E-state index is 12.8. The van der Waals surface area contributed by atoms with Crippen molar-refractivity contribution in [1.82, 2.24) is 24.9 Å². The molecule has 2 fully saturated rings. The number of aromatic amines is 1. The van der Waals surface area contributed by atoms with E-state index in [-0.39, 0.29) is 11.8 Å². The fraction of sp³-hybridized carbons (Fsp3) is 0.550. The van der Waals surface area contributed by atoms with Gasteiger partial charge in [-0.1, -0.05) is 6.07 Å². The zero-order valence-electron chi connectivity index (χ0n) is 16.3. The van der Waals surface area contributed by atoms with Crippen LogP contribution in [0.2, 0.25) is 0 Å². The molecule has 2 saturated heterocycles. The first-order valence-electron chi connectivity index (χ1n) is 10.0. The number of H-pyrrole nitrogens is 1. The SMILES string of the molecule is CC1CCCCN1C(=O)CN1CCN(C(=O)c2cc(-c3cccs3)[nH]n2)CC1. The summed E-state index contributed by atoms with van der Waals surface area (Å²) >= 11 is 1.62. The molecule has 1 atom stereocenters. The molecule has 0 aliphatic carbocycles. The Hall–Kier alpha value is -2.19. The van der Waals surface area contributed by atoms with E-state index in [4.69, 9.17) is 0 Å². The number of carbonyl (C=O) groups excluding carboxylic acids is 2. The Morgan fingerprint density at radius 3 is 2.75 bits per heavy atom. The highest BCUT2D eigenvalue weighted by molar-refractivity contribution is 7.13. The van der Waals surface area contributed by atoms with E-state index in [1.165, 1.54) is 6.42 Å². The smallest absolute Gasteiger partial charge is 0.274 e. The van der Waals surface area contributed by atoms with Crippen molar-refractivity contribution in [3.05, 3.63) is 29.3 Å². The molecule has 150 valence electrons. The molecule has 2 aromatic rings. The fourth-order valence-corrected chi connectivity index (χ4v) is 4.70. The van der Waals surface area contributed by atoms with E-state index in [0.717, 1.165) is 43.0 Å². The van der Waals surface area contributed by atoms with Crippen molar-refractivity contribution in [3.63, 3.8) is 0 Å². The zero-order chi connectivity index (χ0) is 19.5. The van der Waals surface area contributed by atoms with E-state index in [1.807, 2.05) is 33.4 Å². The van der Waals surface area contributed by atoms with E-state index in [1.54, 1.807) is 11.3 Å². The van der Waals surface area contributed by atoms with E-state index in [9.17, 15) is 9.59 Å². The molecule has 4 rings (SSSR count). The summed E-state index contributed by atoms with van der Waals surface area (Å²) in [6, 6.07) is 6.15. The molecule has 2 amide bonds. The molecule has 8 heteroatoms. The molecule has 7 nitrogen and oxygen atoms in total. The molecule has 1 N–H and O–H groups in total. The van der Waals surface area contributed by atoms with Gasteiger partial charge in [-0.25, -0.2) is 0 Å². The van der Waals surface area contributed by atoms with Gasteiger partial charge in [0.05, 0.1) is 17.1 Å². The monoisotopic (exact) mass is 401 g/mol. The highest BCUT2D eigenvalue weighted by Crippen LogP contribution is 2.23. The predicted molar refractivity (Wildman–Crippen MR) is 109 cm³/mol. The third-order valence-electron chi connectivity index (χ3n) is 5.73. The quantitative estimate of drug-likeness (QED) is 0.853. The van der Waals surface area contributed by atoms with Gasteiger partial charge in [-0.2, -0.15) is 5.10 Å². The van der Waals surface area contributed by atoms with E-state index in [0.29, 0.717) is 31.4 Å². The molecule has 0 aromatic carbocycles. The van der Waals surface area contributed by atoms with Gasteiger partial charge in [-0.3, -0.25) is 19.6 Å². The Balaban J connectivity index is 1.29. The van der Waals surface area contributed by atoms with Crippen molar-refractivity contribution in [2.75, 3.05) is 39.3 Å². The third-order valence-corrected chi connectivity index (χ3v) is 6.63. The first kappa shape index (κ1) is 19.1. The Morgan fingerprint density at radius 1 is 1.21 bits per heavy atom. The van der Waals surface area contributed by atoms with E-state index < -0.39 is 0 Å². The molecule has 2 aliphatic heterocycles. The lowest BCUT2D eigenvalue weighted by Crippen LogP contribution is -2.53. The topological polar surface area (TPSA) is 72.5 Å². The number of hydrogen-bond donors (Lipinski definition) is 1. The summed E-state index contributed by atoms with van der Waals surface area (Å²) in [5.41, 5.74) is 1.33. The van der Waals surface area contributed by atoms with Crippen LogP contribution in [0.5, 0.6) is 0 Å². The van der Waals surface area contributed by atoms with E-state index in [2.05, 4.69) is 22.0 Å². The number of nitrogens with one attached hydrogen (secondary N) is 1. The second-order valence-electron chi connectivity index (χ2n) is 7.64. The number of rotatable bonds is 4. The molecule has 28 heavy (non-hydrogen) atoms. The minimum absolute atomic E-state index is 0.0466. The maximum Gasteiger partial charge on any atom is 0.274 e. The lowest BCUT2D eigenvalue weighted by molar-refractivity contribution is -0.136. The van der Waals surface area contributed by atoms with Crippen LogP contribution in [0.4, 0.5) is 0 Å². The summed E-state index contributed by atoms with van der Waals surface area (Å²) in [4.78, 5) is 32.5. The number of hydrogen-bond acceptors (Lipinski definition) is 5. The number of amides is 2. The average Bonchev–Trinajstić information content (AvgIpc) is 3.40. The van der Waals surface area contributed by atoms with Gasteiger partial charge < -0.3 is 9.80 Å². The Kier molecular flexibility index (Phi) is 5.77. The van der Waals surface area contributed by atoms with Gasteiger partial charge in [0, 0.05) is 38.8 Å². The molecular weight excluding hydrogens is 374 g/mol. The van der Waals surface area contributed by atoms with Gasteiger partial charge >= 0.3 is 0 Å². The third kappa shape index (κ3) is 4.12. The van der Waals surface area contributed by atoms with Crippen LogP contribution in [0.1, 0.15) is 36.7 Å². The molecular formula is C20H27N5O2S. The second kappa shape index (κ2) is 8.45. The standard InChI is InChI=1S/C20H27N5O2S/c1-15-5-2-3-7-25(15)19(26)14-23-8-10-24(11-9-23)20(27)17-13-16(21-22-17)18-6-4-12-28-18/h4,6,12-13,15H,2-3,5,7-11,14H2,1H3,(H,21,22). The molecule has 2 aliphatic rings. The first-order valence-corrected chi connectivity index (χ1v) is 10.9. The number of thiophene rings is 1. The highest BCUT2D eigenvalue weighted by Gasteiger charge is 2.28. The number of likely N-dealkylation sites (tertiary alicyclic amines) is 1. The van der Waals surface area contributed by atoms with Crippen molar-refractivity contribution >= 4 is 23.2 Å². The second-order valence-corrected chi connectivity index (χ2v) is 8.59. The number of aromatic nitrogens is 2. The predicted octanol–water partition coefficient (Wildman–Crippen LogP) is 2.30. The number of carbonyl (C=O) groups is 2. The van der Waals surface area contributed by atoms with Crippen LogP contribution in [0, 0.1) is 0 Å². The number of piperidine rings is 1. The Bertz CT molecular complexity index is 810. The largest absolute Gasteiger partial charge is 0.339 e. The van der Waals surface area contributed by atoms with Gasteiger partial charge in [0.1, 0.15) is 0 Å². The Morgan fingerprint density at radius 2 is 2.04 bits per heavy atom. The summed E-state index contributed by atoms with van der Waals surface area (Å²) in [7, 11) is 0. The van der Waals surface area contributed by atoms with Crippen molar-refractivity contribution in [1.29, 1.82) is 0 Å². The van der Waals surface area contributed by atoms with Crippen LogP contribution in [0.15, 0.2) is 23.6 Å². The van der Waals surface area contributed by atoms with Crippen LogP contribution in [0.25, 0.3) is 10.6 Å². The summed E-state index contributed by atoms with van der Waals surface area (Å²) in [6.07, 6.45) is 3.42. The van der Waals surface area contributed by atoms with Crippen molar-refractivity contribution in [2.24, 2.45) is 0 Å². The minimum atomic E-state index is -0.0466.